The number of hydrogen-bond acceptors (Lipinski definition) is 5. The van der Waals surface area contributed by atoms with E-state index in [4.69, 9.17) is 4.74 Å². The van der Waals surface area contributed by atoms with E-state index in [9.17, 15) is 8.96 Å². The summed E-state index contributed by atoms with van der Waals surface area (Å²) in [6.07, 6.45) is 3.30. The largest absolute Gasteiger partial charge is 0.379 e. The number of nitrogens with zero attached hydrogens (tertiary/aromatic N) is 3. The van der Waals surface area contributed by atoms with Gasteiger partial charge in [-0.1, -0.05) is 30.3 Å². The van der Waals surface area contributed by atoms with Crippen LogP contribution in [-0.2, 0) is 14.7 Å². The van der Waals surface area contributed by atoms with Crippen LogP contribution in [0.4, 0.5) is 16.0 Å². The van der Waals surface area contributed by atoms with Crippen LogP contribution < -0.4 is 10.2 Å². The number of rotatable bonds is 3. The zero-order valence-corrected chi connectivity index (χ0v) is 17.2. The Morgan fingerprint density at radius 1 is 1.10 bits per heavy atom. The molecule has 0 aliphatic carbocycles. The number of ether oxygens (including phenoxy) is 1. The summed E-state index contributed by atoms with van der Waals surface area (Å²) in [5, 5.41) is 0.835. The lowest BCUT2D eigenvalue weighted by molar-refractivity contribution is -0.0507. The standard InChI is InChI=1S/C22H21FN3O2P/c1-29(2,27)16-7-8-18-20(9-16)26(12-22(18)13-28-14-22)21-24-10-15(11-25-21)17-5-3-4-6-19(17)23/h3-11H,12-14H2,1-2H3. The highest BCUT2D eigenvalue weighted by molar-refractivity contribution is 7.70. The zero-order chi connectivity index (χ0) is 20.2. The number of fused-ring (bicyclic) bond motifs is 2. The normalized spacial score (nSPS) is 17.3. The van der Waals surface area contributed by atoms with E-state index in [-0.39, 0.29) is 11.2 Å². The number of anilines is 2. The highest BCUT2D eigenvalue weighted by Crippen LogP contribution is 2.48. The molecule has 2 aliphatic rings. The van der Waals surface area contributed by atoms with Gasteiger partial charge in [0.2, 0.25) is 5.95 Å². The van der Waals surface area contributed by atoms with Crippen LogP contribution in [0.3, 0.4) is 0 Å². The van der Waals surface area contributed by atoms with Gasteiger partial charge >= 0.3 is 0 Å². The molecule has 1 aromatic heterocycles. The smallest absolute Gasteiger partial charge is 0.229 e. The third-order valence-corrected chi connectivity index (χ3v) is 7.27. The van der Waals surface area contributed by atoms with E-state index in [1.807, 2.05) is 12.1 Å². The van der Waals surface area contributed by atoms with Gasteiger partial charge in [-0.2, -0.15) is 0 Å². The summed E-state index contributed by atoms with van der Waals surface area (Å²) in [6, 6.07) is 12.6. The van der Waals surface area contributed by atoms with Gasteiger partial charge in [0, 0.05) is 41.1 Å². The fourth-order valence-electron chi connectivity index (χ4n) is 4.07. The number of benzene rings is 2. The van der Waals surface area contributed by atoms with E-state index >= 15 is 0 Å². The molecule has 3 aromatic rings. The second kappa shape index (κ2) is 6.48. The topological polar surface area (TPSA) is 55.3 Å². The minimum atomic E-state index is -2.39. The highest BCUT2D eigenvalue weighted by atomic mass is 31.2. The van der Waals surface area contributed by atoms with Crippen LogP contribution in [0.2, 0.25) is 0 Å². The number of halogens is 1. The molecule has 0 saturated carbocycles. The highest BCUT2D eigenvalue weighted by Gasteiger charge is 2.49. The molecule has 0 radical (unpaired) electrons. The maximum Gasteiger partial charge on any atom is 0.229 e. The summed E-state index contributed by atoms with van der Waals surface area (Å²) in [5.74, 6) is 0.251. The minimum absolute atomic E-state index is 0.0765. The average Bonchev–Trinajstić information content (AvgIpc) is 3.03. The van der Waals surface area contributed by atoms with Crippen molar-refractivity contribution in [2.45, 2.75) is 5.41 Å². The molecule has 1 spiro atoms. The Labute approximate surface area is 168 Å². The molecule has 1 fully saturated rings. The van der Waals surface area contributed by atoms with Crippen molar-refractivity contribution in [1.82, 2.24) is 9.97 Å². The molecule has 2 aliphatic heterocycles. The minimum Gasteiger partial charge on any atom is -0.379 e. The Bertz CT molecular complexity index is 1140. The molecule has 3 heterocycles. The average molecular weight is 409 g/mol. The van der Waals surface area contributed by atoms with Crippen molar-refractivity contribution in [3.8, 4) is 11.1 Å². The number of hydrogen-bond donors (Lipinski definition) is 0. The summed E-state index contributed by atoms with van der Waals surface area (Å²) in [4.78, 5) is 11.1. The van der Waals surface area contributed by atoms with Gasteiger partial charge in [0.05, 0.1) is 18.6 Å². The van der Waals surface area contributed by atoms with Gasteiger partial charge in [-0.15, -0.1) is 0 Å². The molecule has 0 N–H and O–H groups in total. The fraction of sp³-hybridized carbons (Fsp3) is 0.273. The molecular formula is C22H21FN3O2P. The van der Waals surface area contributed by atoms with Crippen LogP contribution in [0.25, 0.3) is 11.1 Å². The summed E-state index contributed by atoms with van der Waals surface area (Å²) in [6.45, 7) is 5.56. The third kappa shape index (κ3) is 2.98. The van der Waals surface area contributed by atoms with Crippen molar-refractivity contribution in [3.05, 3.63) is 66.2 Å². The van der Waals surface area contributed by atoms with Gasteiger partial charge in [0.1, 0.15) is 13.0 Å². The lowest BCUT2D eigenvalue weighted by atomic mass is 9.81. The zero-order valence-electron chi connectivity index (χ0n) is 16.3. The summed E-state index contributed by atoms with van der Waals surface area (Å²) in [7, 11) is -2.39. The van der Waals surface area contributed by atoms with Crippen LogP contribution in [0, 0.1) is 5.82 Å². The van der Waals surface area contributed by atoms with Crippen molar-refractivity contribution in [3.63, 3.8) is 0 Å². The maximum absolute atomic E-state index is 14.1. The first-order valence-electron chi connectivity index (χ1n) is 9.50. The Morgan fingerprint density at radius 3 is 2.45 bits per heavy atom. The molecule has 0 atom stereocenters. The van der Waals surface area contributed by atoms with E-state index in [0.29, 0.717) is 36.8 Å². The fourth-order valence-corrected chi connectivity index (χ4v) is 4.94. The molecule has 0 unspecified atom stereocenters. The van der Waals surface area contributed by atoms with E-state index in [0.717, 1.165) is 11.0 Å². The molecule has 0 amide bonds. The van der Waals surface area contributed by atoms with Crippen molar-refractivity contribution in [1.29, 1.82) is 0 Å². The van der Waals surface area contributed by atoms with Gasteiger partial charge in [0.25, 0.3) is 0 Å². The Morgan fingerprint density at radius 2 is 1.83 bits per heavy atom. The molecule has 2 aromatic carbocycles. The van der Waals surface area contributed by atoms with E-state index < -0.39 is 7.14 Å². The van der Waals surface area contributed by atoms with Crippen molar-refractivity contribution in [2.24, 2.45) is 0 Å². The van der Waals surface area contributed by atoms with Crippen LogP contribution in [0.15, 0.2) is 54.9 Å². The van der Waals surface area contributed by atoms with Crippen LogP contribution in [-0.4, -0.2) is 43.1 Å². The first-order chi connectivity index (χ1) is 13.9. The van der Waals surface area contributed by atoms with Gasteiger partial charge < -0.3 is 14.2 Å². The summed E-state index contributed by atoms with van der Waals surface area (Å²) < 4.78 is 32.2. The first-order valence-corrected chi connectivity index (χ1v) is 12.1. The molecule has 29 heavy (non-hydrogen) atoms. The predicted molar refractivity (Wildman–Crippen MR) is 112 cm³/mol. The molecule has 5 rings (SSSR count). The van der Waals surface area contributed by atoms with Crippen molar-refractivity contribution < 1.29 is 13.7 Å². The van der Waals surface area contributed by atoms with Crippen molar-refractivity contribution in [2.75, 3.05) is 38.0 Å². The van der Waals surface area contributed by atoms with Gasteiger partial charge in [-0.3, -0.25) is 0 Å². The summed E-state index contributed by atoms with van der Waals surface area (Å²) >= 11 is 0. The lowest BCUT2D eigenvalue weighted by Crippen LogP contribution is -2.49. The molecule has 1 saturated heterocycles. The Hall–Kier alpha value is -2.56. The van der Waals surface area contributed by atoms with E-state index in [2.05, 4.69) is 20.9 Å². The Kier molecular flexibility index (Phi) is 4.12. The van der Waals surface area contributed by atoms with Gasteiger partial charge in [0.15, 0.2) is 0 Å². The van der Waals surface area contributed by atoms with E-state index in [1.54, 1.807) is 43.9 Å². The van der Waals surface area contributed by atoms with E-state index in [1.165, 1.54) is 11.6 Å². The van der Waals surface area contributed by atoms with Gasteiger partial charge in [-0.05, 0) is 31.0 Å². The van der Waals surface area contributed by atoms with Crippen LogP contribution in [0.5, 0.6) is 0 Å². The summed E-state index contributed by atoms with van der Waals surface area (Å²) in [5.41, 5.74) is 3.20. The monoisotopic (exact) mass is 409 g/mol. The molecular weight excluding hydrogens is 388 g/mol. The van der Waals surface area contributed by atoms with Crippen molar-refractivity contribution >= 4 is 24.1 Å². The molecule has 148 valence electrons. The first kappa shape index (κ1) is 18.5. The lowest BCUT2D eigenvalue weighted by Gasteiger charge is -2.38. The molecule has 0 bridgehead atoms. The second-order valence-electron chi connectivity index (χ2n) is 8.16. The predicted octanol–water partition coefficient (Wildman–Crippen LogP) is 3.95. The quantitative estimate of drug-likeness (QED) is 0.613. The van der Waals surface area contributed by atoms with Crippen LogP contribution >= 0.6 is 7.14 Å². The number of aromatic nitrogens is 2. The van der Waals surface area contributed by atoms with Crippen LogP contribution in [0.1, 0.15) is 5.56 Å². The SMILES string of the molecule is CP(C)(=O)c1ccc2c(c1)N(c1ncc(-c3ccccc3F)cn1)CC21COC1. The van der Waals surface area contributed by atoms with Gasteiger partial charge in [-0.25, -0.2) is 14.4 Å². The molecule has 7 heteroatoms. The Balaban J connectivity index is 1.56. The maximum atomic E-state index is 14.1. The second-order valence-corrected chi connectivity index (χ2v) is 11.4. The third-order valence-electron chi connectivity index (χ3n) is 5.75. The molecule has 5 nitrogen and oxygen atoms in total.